The van der Waals surface area contributed by atoms with Crippen molar-refractivity contribution in [2.75, 3.05) is 0 Å². The van der Waals surface area contributed by atoms with Gasteiger partial charge in [0, 0.05) is 6.07 Å². The molecule has 0 bridgehead atoms. The fourth-order valence-corrected chi connectivity index (χ4v) is 0.845. The zero-order chi connectivity index (χ0) is 9.14. The molecule has 1 aromatic carbocycles. The minimum atomic E-state index is -0.919. The molecular weight excluding hydrogens is 162 g/mol. The standard InChI is InChI=1S/C9H8F2O/c1-3-12-9-5-8(11)7(10)4-6(9)2/h3-5H,1H2,2H3. The van der Waals surface area contributed by atoms with Crippen LogP contribution in [0.4, 0.5) is 8.78 Å². The molecule has 1 aromatic rings. The van der Waals surface area contributed by atoms with E-state index in [2.05, 4.69) is 6.58 Å². The van der Waals surface area contributed by atoms with E-state index in [1.165, 1.54) is 6.26 Å². The third-order valence-electron chi connectivity index (χ3n) is 1.43. The van der Waals surface area contributed by atoms with E-state index >= 15 is 0 Å². The van der Waals surface area contributed by atoms with Crippen LogP contribution in [-0.2, 0) is 0 Å². The van der Waals surface area contributed by atoms with Gasteiger partial charge >= 0.3 is 0 Å². The Balaban J connectivity index is 3.13. The smallest absolute Gasteiger partial charge is 0.162 e. The van der Waals surface area contributed by atoms with Crippen LogP contribution >= 0.6 is 0 Å². The lowest BCUT2D eigenvalue weighted by molar-refractivity contribution is 0.458. The fourth-order valence-electron chi connectivity index (χ4n) is 0.845. The van der Waals surface area contributed by atoms with Crippen molar-refractivity contribution in [3.8, 4) is 5.75 Å². The van der Waals surface area contributed by atoms with Crippen molar-refractivity contribution in [1.82, 2.24) is 0 Å². The van der Waals surface area contributed by atoms with Crippen LogP contribution in [0.25, 0.3) is 0 Å². The molecule has 0 saturated carbocycles. The summed E-state index contributed by atoms with van der Waals surface area (Å²) in [6.07, 6.45) is 1.17. The van der Waals surface area contributed by atoms with Crippen molar-refractivity contribution in [2.45, 2.75) is 6.92 Å². The Labute approximate surface area is 69.3 Å². The highest BCUT2D eigenvalue weighted by molar-refractivity contribution is 5.33. The van der Waals surface area contributed by atoms with Gasteiger partial charge in [0.2, 0.25) is 0 Å². The Morgan fingerprint density at radius 1 is 1.33 bits per heavy atom. The van der Waals surface area contributed by atoms with E-state index in [0.29, 0.717) is 5.56 Å². The van der Waals surface area contributed by atoms with Crippen LogP contribution in [-0.4, -0.2) is 0 Å². The van der Waals surface area contributed by atoms with Gasteiger partial charge in [0.05, 0.1) is 6.26 Å². The fraction of sp³-hybridized carbons (Fsp3) is 0.111. The second kappa shape index (κ2) is 3.34. The van der Waals surface area contributed by atoms with Gasteiger partial charge in [0.1, 0.15) is 5.75 Å². The molecule has 3 heteroatoms. The summed E-state index contributed by atoms with van der Waals surface area (Å²) in [5, 5.41) is 0. The van der Waals surface area contributed by atoms with Crippen molar-refractivity contribution >= 4 is 0 Å². The molecule has 0 aliphatic rings. The minimum absolute atomic E-state index is 0.281. The van der Waals surface area contributed by atoms with Crippen molar-refractivity contribution in [3.05, 3.63) is 42.2 Å². The van der Waals surface area contributed by atoms with E-state index in [4.69, 9.17) is 4.74 Å². The first-order valence-corrected chi connectivity index (χ1v) is 3.38. The highest BCUT2D eigenvalue weighted by Crippen LogP contribution is 2.21. The lowest BCUT2D eigenvalue weighted by atomic mass is 10.2. The summed E-state index contributed by atoms with van der Waals surface area (Å²) in [7, 11) is 0. The highest BCUT2D eigenvalue weighted by atomic mass is 19.2. The van der Waals surface area contributed by atoms with Crippen molar-refractivity contribution < 1.29 is 13.5 Å². The molecule has 0 heterocycles. The molecule has 0 atom stereocenters. The lowest BCUT2D eigenvalue weighted by Crippen LogP contribution is -1.90. The maximum atomic E-state index is 12.6. The van der Waals surface area contributed by atoms with Crippen molar-refractivity contribution in [1.29, 1.82) is 0 Å². The number of benzene rings is 1. The predicted molar refractivity (Wildman–Crippen MR) is 41.9 cm³/mol. The van der Waals surface area contributed by atoms with Crippen LogP contribution in [0.2, 0.25) is 0 Å². The average Bonchev–Trinajstić information content (AvgIpc) is 2.01. The molecule has 64 valence electrons. The van der Waals surface area contributed by atoms with E-state index in [1.807, 2.05) is 0 Å². The number of aryl methyl sites for hydroxylation is 1. The second-order valence-corrected chi connectivity index (χ2v) is 2.32. The van der Waals surface area contributed by atoms with Crippen LogP contribution in [0.3, 0.4) is 0 Å². The first kappa shape index (κ1) is 8.71. The second-order valence-electron chi connectivity index (χ2n) is 2.32. The third-order valence-corrected chi connectivity index (χ3v) is 1.43. The summed E-state index contributed by atoms with van der Waals surface area (Å²) in [6.45, 7) is 4.94. The van der Waals surface area contributed by atoms with Gasteiger partial charge in [-0.1, -0.05) is 6.58 Å². The number of hydrogen-bond donors (Lipinski definition) is 0. The molecule has 1 rings (SSSR count). The normalized spacial score (nSPS) is 9.58. The van der Waals surface area contributed by atoms with Crippen molar-refractivity contribution in [3.63, 3.8) is 0 Å². The Morgan fingerprint density at radius 3 is 2.50 bits per heavy atom. The largest absolute Gasteiger partial charge is 0.465 e. The summed E-state index contributed by atoms with van der Waals surface area (Å²) >= 11 is 0. The predicted octanol–water partition coefficient (Wildman–Crippen LogP) is 2.80. The van der Waals surface area contributed by atoms with E-state index < -0.39 is 11.6 Å². The number of halogens is 2. The van der Waals surface area contributed by atoms with Gasteiger partial charge in [0.25, 0.3) is 0 Å². The zero-order valence-electron chi connectivity index (χ0n) is 6.60. The molecule has 0 fully saturated rings. The molecule has 0 saturated heterocycles. The van der Waals surface area contributed by atoms with Crippen LogP contribution in [0.1, 0.15) is 5.56 Å². The quantitative estimate of drug-likeness (QED) is 0.620. The van der Waals surface area contributed by atoms with Gasteiger partial charge in [-0.3, -0.25) is 0 Å². The molecule has 0 unspecified atom stereocenters. The number of ether oxygens (including phenoxy) is 1. The summed E-state index contributed by atoms with van der Waals surface area (Å²) in [5.41, 5.74) is 0.536. The molecule has 0 aromatic heterocycles. The monoisotopic (exact) mass is 170 g/mol. The third kappa shape index (κ3) is 1.61. The molecular formula is C9H8F2O. The minimum Gasteiger partial charge on any atom is -0.465 e. The molecule has 1 nitrogen and oxygen atoms in total. The van der Waals surface area contributed by atoms with Crippen LogP contribution in [0.5, 0.6) is 5.75 Å². The SMILES string of the molecule is C=COc1cc(F)c(F)cc1C. The van der Waals surface area contributed by atoms with Crippen LogP contribution < -0.4 is 4.74 Å². The topological polar surface area (TPSA) is 9.23 Å². The average molecular weight is 170 g/mol. The van der Waals surface area contributed by atoms with E-state index in [1.54, 1.807) is 6.92 Å². The molecule has 0 spiro atoms. The van der Waals surface area contributed by atoms with E-state index in [-0.39, 0.29) is 5.75 Å². The van der Waals surface area contributed by atoms with Gasteiger partial charge < -0.3 is 4.74 Å². The zero-order valence-corrected chi connectivity index (χ0v) is 6.60. The van der Waals surface area contributed by atoms with Gasteiger partial charge in [-0.2, -0.15) is 0 Å². The van der Waals surface area contributed by atoms with Crippen LogP contribution in [0, 0.1) is 18.6 Å². The molecule has 0 aliphatic carbocycles. The molecule has 0 radical (unpaired) electrons. The Bertz CT molecular complexity index is 308. The van der Waals surface area contributed by atoms with Gasteiger partial charge in [-0.15, -0.1) is 0 Å². The lowest BCUT2D eigenvalue weighted by Gasteiger charge is -2.04. The Hall–Kier alpha value is -1.38. The van der Waals surface area contributed by atoms with Crippen LogP contribution in [0.15, 0.2) is 25.0 Å². The molecule has 0 aliphatic heterocycles. The molecule has 0 amide bonds. The first-order valence-electron chi connectivity index (χ1n) is 3.38. The highest BCUT2D eigenvalue weighted by Gasteiger charge is 2.06. The number of hydrogen-bond acceptors (Lipinski definition) is 1. The summed E-state index contributed by atoms with van der Waals surface area (Å²) in [6, 6.07) is 2.07. The first-order chi connectivity index (χ1) is 5.65. The molecule has 12 heavy (non-hydrogen) atoms. The maximum Gasteiger partial charge on any atom is 0.162 e. The molecule has 0 N–H and O–H groups in total. The van der Waals surface area contributed by atoms with Gasteiger partial charge in [-0.05, 0) is 18.6 Å². The maximum absolute atomic E-state index is 12.6. The van der Waals surface area contributed by atoms with E-state index in [0.717, 1.165) is 12.1 Å². The number of rotatable bonds is 2. The summed E-state index contributed by atoms with van der Waals surface area (Å²) in [4.78, 5) is 0. The Kier molecular flexibility index (Phi) is 2.43. The van der Waals surface area contributed by atoms with Gasteiger partial charge in [0.15, 0.2) is 11.6 Å². The summed E-state index contributed by atoms with van der Waals surface area (Å²) < 4.78 is 30.0. The summed E-state index contributed by atoms with van der Waals surface area (Å²) in [5.74, 6) is -1.51. The Morgan fingerprint density at radius 2 is 1.92 bits per heavy atom. The van der Waals surface area contributed by atoms with Gasteiger partial charge in [-0.25, -0.2) is 8.78 Å². The van der Waals surface area contributed by atoms with E-state index in [9.17, 15) is 8.78 Å². The van der Waals surface area contributed by atoms with Crippen molar-refractivity contribution in [2.24, 2.45) is 0 Å².